The van der Waals surface area contributed by atoms with Crippen molar-refractivity contribution in [2.45, 2.75) is 44.2 Å². The van der Waals surface area contributed by atoms with Crippen LogP contribution in [0.1, 0.15) is 42.5 Å². The predicted octanol–water partition coefficient (Wildman–Crippen LogP) is 2.17. The molecule has 2 saturated heterocycles. The molecule has 0 radical (unpaired) electrons. The lowest BCUT2D eigenvalue weighted by Crippen LogP contribution is -2.45. The van der Waals surface area contributed by atoms with Crippen molar-refractivity contribution in [1.29, 1.82) is 0 Å². The Labute approximate surface area is 173 Å². The molecule has 0 aromatic heterocycles. The van der Waals surface area contributed by atoms with Crippen molar-refractivity contribution in [1.82, 2.24) is 9.80 Å². The molecule has 0 saturated carbocycles. The fourth-order valence-corrected chi connectivity index (χ4v) is 4.32. The third-order valence-electron chi connectivity index (χ3n) is 5.88. The molecule has 3 rings (SSSR count). The van der Waals surface area contributed by atoms with E-state index in [0.29, 0.717) is 29.6 Å². The summed E-state index contributed by atoms with van der Waals surface area (Å²) in [5.74, 6) is 0.526. The third kappa shape index (κ3) is 6.07. The van der Waals surface area contributed by atoms with Crippen LogP contribution in [0.25, 0.3) is 0 Å². The molecule has 2 atom stereocenters. The number of hydrogen-bond donors (Lipinski definition) is 1. The van der Waals surface area contributed by atoms with Gasteiger partial charge in [0.05, 0.1) is 19.8 Å². The van der Waals surface area contributed by atoms with Gasteiger partial charge in [0, 0.05) is 19.1 Å². The highest BCUT2D eigenvalue weighted by Gasteiger charge is 2.28. The molecule has 2 aliphatic heterocycles. The average Bonchev–Trinajstić information content (AvgIpc) is 3.18. The summed E-state index contributed by atoms with van der Waals surface area (Å²) in [5.41, 5.74) is 0.398. The number of methoxy groups -OCH3 is 2. The molecule has 1 aromatic carbocycles. The number of ether oxygens (including phenoxy) is 3. The van der Waals surface area contributed by atoms with Crippen LogP contribution in [-0.2, 0) is 4.74 Å². The lowest BCUT2D eigenvalue weighted by molar-refractivity contribution is 0.0545. The molecule has 7 nitrogen and oxygen atoms in total. The quantitative estimate of drug-likeness (QED) is 0.630. The Bertz CT molecular complexity index is 663. The van der Waals surface area contributed by atoms with E-state index >= 15 is 0 Å². The van der Waals surface area contributed by atoms with Gasteiger partial charge in [-0.2, -0.15) is 0 Å². The van der Waals surface area contributed by atoms with Crippen LogP contribution >= 0.6 is 0 Å². The van der Waals surface area contributed by atoms with E-state index in [1.54, 1.807) is 18.2 Å². The van der Waals surface area contributed by atoms with E-state index in [4.69, 9.17) is 14.2 Å². The molecular weight excluding hydrogens is 372 g/mol. The number of aliphatic hydroxyl groups is 1. The zero-order valence-corrected chi connectivity index (χ0v) is 17.6. The van der Waals surface area contributed by atoms with E-state index in [1.807, 2.05) is 0 Å². The van der Waals surface area contributed by atoms with Crippen molar-refractivity contribution in [2.75, 3.05) is 53.6 Å². The highest BCUT2D eigenvalue weighted by molar-refractivity contribution is 5.90. The minimum Gasteiger partial charge on any atom is -0.493 e. The minimum atomic E-state index is -0.582. The number of benzene rings is 1. The van der Waals surface area contributed by atoms with Crippen molar-refractivity contribution >= 4 is 5.97 Å². The van der Waals surface area contributed by atoms with Gasteiger partial charge in [-0.05, 0) is 63.5 Å². The van der Waals surface area contributed by atoms with Crippen LogP contribution in [0.15, 0.2) is 18.2 Å². The molecule has 0 spiro atoms. The smallest absolute Gasteiger partial charge is 0.337 e. The van der Waals surface area contributed by atoms with Gasteiger partial charge in [-0.15, -0.1) is 0 Å². The molecule has 7 heteroatoms. The Morgan fingerprint density at radius 2 is 1.93 bits per heavy atom. The van der Waals surface area contributed by atoms with Gasteiger partial charge in [0.2, 0.25) is 0 Å². The number of likely N-dealkylation sites (tertiary alicyclic amines) is 2. The maximum Gasteiger partial charge on any atom is 0.337 e. The van der Waals surface area contributed by atoms with Crippen molar-refractivity contribution < 1.29 is 24.1 Å². The summed E-state index contributed by atoms with van der Waals surface area (Å²) < 4.78 is 15.8. The number of hydrogen-bond acceptors (Lipinski definition) is 7. The van der Waals surface area contributed by atoms with Crippen molar-refractivity contribution in [2.24, 2.45) is 0 Å². The zero-order chi connectivity index (χ0) is 20.6. The first-order valence-electron chi connectivity index (χ1n) is 10.6. The first-order chi connectivity index (χ1) is 14.1. The monoisotopic (exact) mass is 406 g/mol. The number of carbonyl (C=O) groups is 1. The number of aliphatic hydroxyl groups excluding tert-OH is 1. The number of β-amino-alcohol motifs (C(OH)–C–C–N with tert-alkyl or cyclic N) is 1. The van der Waals surface area contributed by atoms with Gasteiger partial charge >= 0.3 is 5.97 Å². The molecule has 1 aromatic rings. The maximum atomic E-state index is 11.7. The lowest BCUT2D eigenvalue weighted by atomic mass is 10.1. The first kappa shape index (κ1) is 21.9. The summed E-state index contributed by atoms with van der Waals surface area (Å²) in [5, 5.41) is 10.5. The molecular formula is C22H34N2O5. The third-order valence-corrected chi connectivity index (χ3v) is 5.88. The van der Waals surface area contributed by atoms with E-state index in [2.05, 4.69) is 9.80 Å². The molecule has 29 heavy (non-hydrogen) atoms. The molecule has 0 aliphatic carbocycles. The molecule has 2 heterocycles. The molecule has 0 bridgehead atoms. The average molecular weight is 407 g/mol. The van der Waals surface area contributed by atoms with Gasteiger partial charge in [-0.3, -0.25) is 4.90 Å². The Kier molecular flexibility index (Phi) is 8.15. The van der Waals surface area contributed by atoms with E-state index in [9.17, 15) is 9.90 Å². The standard InChI is InChI=1S/C22H34N2O5/c1-27-21-13-17(22(26)28-2)8-9-20(21)29-16-19(25)15-24-12-6-7-18(24)14-23-10-4-3-5-11-23/h8-9,13,18-19,25H,3-7,10-12,14-16H2,1-2H3. The number of rotatable bonds is 9. The Morgan fingerprint density at radius 3 is 2.66 bits per heavy atom. The van der Waals surface area contributed by atoms with Crippen molar-refractivity contribution in [3.63, 3.8) is 0 Å². The second-order valence-corrected chi connectivity index (χ2v) is 7.97. The van der Waals surface area contributed by atoms with Gasteiger partial charge < -0.3 is 24.2 Å². The largest absolute Gasteiger partial charge is 0.493 e. The summed E-state index contributed by atoms with van der Waals surface area (Å²) in [6.45, 7) is 5.35. The summed E-state index contributed by atoms with van der Waals surface area (Å²) in [4.78, 5) is 16.6. The second kappa shape index (κ2) is 10.8. The van der Waals surface area contributed by atoms with Gasteiger partial charge in [0.15, 0.2) is 11.5 Å². The van der Waals surface area contributed by atoms with Crippen LogP contribution in [0.2, 0.25) is 0 Å². The highest BCUT2D eigenvalue weighted by atomic mass is 16.5. The van der Waals surface area contributed by atoms with E-state index in [1.165, 1.54) is 59.4 Å². The van der Waals surface area contributed by atoms with Gasteiger partial charge in [-0.25, -0.2) is 4.79 Å². The predicted molar refractivity (Wildman–Crippen MR) is 111 cm³/mol. The topological polar surface area (TPSA) is 71.5 Å². The van der Waals surface area contributed by atoms with Gasteiger partial charge in [0.25, 0.3) is 0 Å². The summed E-state index contributed by atoms with van der Waals surface area (Å²) in [6.07, 6.45) is 5.77. The van der Waals surface area contributed by atoms with Crippen molar-refractivity contribution in [3.05, 3.63) is 23.8 Å². The molecule has 2 unspecified atom stereocenters. The van der Waals surface area contributed by atoms with Crippen LogP contribution in [0.3, 0.4) is 0 Å². The van der Waals surface area contributed by atoms with E-state index in [0.717, 1.165) is 13.1 Å². The molecule has 0 amide bonds. The fourth-order valence-electron chi connectivity index (χ4n) is 4.32. The number of nitrogens with zero attached hydrogens (tertiary/aromatic N) is 2. The van der Waals surface area contributed by atoms with Crippen LogP contribution < -0.4 is 9.47 Å². The fraction of sp³-hybridized carbons (Fsp3) is 0.682. The summed E-state index contributed by atoms with van der Waals surface area (Å²) in [7, 11) is 2.86. The maximum absolute atomic E-state index is 11.7. The minimum absolute atomic E-state index is 0.181. The highest BCUT2D eigenvalue weighted by Crippen LogP contribution is 2.28. The normalized spacial score (nSPS) is 21.7. The number of esters is 1. The van der Waals surface area contributed by atoms with Crippen molar-refractivity contribution in [3.8, 4) is 11.5 Å². The van der Waals surface area contributed by atoms with Crippen LogP contribution in [0, 0.1) is 0 Å². The summed E-state index contributed by atoms with van der Waals surface area (Å²) in [6, 6.07) is 5.41. The van der Waals surface area contributed by atoms with Gasteiger partial charge in [-0.1, -0.05) is 6.42 Å². The van der Waals surface area contributed by atoms with Crippen LogP contribution in [0.5, 0.6) is 11.5 Å². The Morgan fingerprint density at radius 1 is 1.14 bits per heavy atom. The van der Waals surface area contributed by atoms with E-state index < -0.39 is 12.1 Å². The Balaban J connectivity index is 1.50. The summed E-state index contributed by atoms with van der Waals surface area (Å²) >= 11 is 0. The number of piperidine rings is 1. The second-order valence-electron chi connectivity index (χ2n) is 7.97. The number of carbonyl (C=O) groups excluding carboxylic acids is 1. The van der Waals surface area contributed by atoms with Crippen LogP contribution in [0.4, 0.5) is 0 Å². The molecule has 2 fully saturated rings. The molecule has 1 N–H and O–H groups in total. The lowest BCUT2D eigenvalue weighted by Gasteiger charge is -2.33. The van der Waals surface area contributed by atoms with Gasteiger partial charge in [0.1, 0.15) is 12.7 Å². The van der Waals surface area contributed by atoms with E-state index in [-0.39, 0.29) is 6.61 Å². The zero-order valence-electron chi connectivity index (χ0n) is 17.6. The molecule has 162 valence electrons. The van der Waals surface area contributed by atoms with Crippen LogP contribution in [-0.4, -0.2) is 86.6 Å². The Hall–Kier alpha value is -1.83. The molecule has 2 aliphatic rings. The first-order valence-corrected chi connectivity index (χ1v) is 10.6. The SMILES string of the molecule is COC(=O)c1ccc(OCC(O)CN2CCCC2CN2CCCCC2)c(OC)c1.